The first-order chi connectivity index (χ1) is 14.9. The minimum Gasteiger partial charge on any atom is -0.870 e. The predicted molar refractivity (Wildman–Crippen MR) is 115 cm³/mol. The zero-order chi connectivity index (χ0) is 22.0. The molecule has 0 radical (unpaired) electrons. The first-order valence-corrected chi connectivity index (χ1v) is 9.58. The molecule has 31 heavy (non-hydrogen) atoms. The van der Waals surface area contributed by atoms with Gasteiger partial charge < -0.3 is 14.3 Å². The number of nitrogens with zero attached hydrogens (tertiary/aromatic N) is 3. The summed E-state index contributed by atoms with van der Waals surface area (Å²) in [5.41, 5.74) is 3.79. The summed E-state index contributed by atoms with van der Waals surface area (Å²) in [7, 11) is 0. The van der Waals surface area contributed by atoms with Crippen molar-refractivity contribution in [3.05, 3.63) is 75.8 Å². The monoisotopic (exact) mass is 416 g/mol. The Kier molecular flexibility index (Phi) is 5.36. The van der Waals surface area contributed by atoms with Crippen LogP contribution in [0.5, 0.6) is 11.5 Å². The van der Waals surface area contributed by atoms with Crippen LogP contribution in [0.1, 0.15) is 18.1 Å². The Morgan fingerprint density at radius 3 is 2.65 bits per heavy atom. The smallest absolute Gasteiger partial charge is 0.273 e. The molecule has 0 N–H and O–H groups in total. The molecule has 4 rings (SSSR count). The van der Waals surface area contributed by atoms with Crippen molar-refractivity contribution in [1.29, 1.82) is 0 Å². The number of rotatable bonds is 6. The molecule has 156 valence electrons. The van der Waals surface area contributed by atoms with Crippen LogP contribution in [0.25, 0.3) is 22.6 Å². The summed E-state index contributed by atoms with van der Waals surface area (Å²) in [5, 5.41) is 23.6. The van der Waals surface area contributed by atoms with Gasteiger partial charge in [0.15, 0.2) is 5.58 Å². The van der Waals surface area contributed by atoms with Gasteiger partial charge in [0.2, 0.25) is 5.89 Å². The van der Waals surface area contributed by atoms with Gasteiger partial charge in [-0.1, -0.05) is 11.8 Å². The zero-order valence-electron chi connectivity index (χ0n) is 16.9. The summed E-state index contributed by atoms with van der Waals surface area (Å²) >= 11 is 0. The van der Waals surface area contributed by atoms with Gasteiger partial charge in [-0.15, -0.1) is 0 Å². The molecule has 1 heterocycles. The molecular formula is C23H18N3O5-. The van der Waals surface area contributed by atoms with E-state index < -0.39 is 10.7 Å². The lowest BCUT2D eigenvalue weighted by molar-refractivity contribution is -0.385. The van der Waals surface area contributed by atoms with Gasteiger partial charge >= 0.3 is 0 Å². The number of oxazole rings is 1. The standard InChI is InChI=1S/C23H19N3O5/c1-3-30-21-12-18(26(28)29)11-16(22(21)27)13-24-17-7-5-15(6-8-17)23-25-19-9-4-14(2)10-20(19)31-23/h4-13,27H,3H2,1-2H3/p-1. The van der Waals surface area contributed by atoms with E-state index in [9.17, 15) is 15.2 Å². The third-order valence-corrected chi connectivity index (χ3v) is 4.59. The Bertz CT molecular complexity index is 1290. The van der Waals surface area contributed by atoms with E-state index in [-0.39, 0.29) is 23.6 Å². The van der Waals surface area contributed by atoms with Gasteiger partial charge in [0.1, 0.15) is 11.3 Å². The van der Waals surface area contributed by atoms with Crippen molar-refractivity contribution in [2.75, 3.05) is 6.61 Å². The van der Waals surface area contributed by atoms with Crippen LogP contribution in [0.15, 0.2) is 64.0 Å². The van der Waals surface area contributed by atoms with E-state index in [1.165, 1.54) is 12.3 Å². The fourth-order valence-electron chi connectivity index (χ4n) is 3.06. The predicted octanol–water partition coefficient (Wildman–Crippen LogP) is 4.93. The summed E-state index contributed by atoms with van der Waals surface area (Å²) in [5.74, 6) is -0.0210. The van der Waals surface area contributed by atoms with E-state index in [0.29, 0.717) is 11.6 Å². The number of fused-ring (bicyclic) bond motifs is 1. The normalized spacial score (nSPS) is 11.3. The van der Waals surface area contributed by atoms with Gasteiger partial charge in [0.25, 0.3) is 5.69 Å². The quantitative estimate of drug-likeness (QED) is 0.250. The highest BCUT2D eigenvalue weighted by molar-refractivity contribution is 5.88. The van der Waals surface area contributed by atoms with Crippen LogP contribution in [0.2, 0.25) is 0 Å². The van der Waals surface area contributed by atoms with Crippen LogP contribution < -0.4 is 9.84 Å². The van der Waals surface area contributed by atoms with Crippen molar-refractivity contribution in [3.8, 4) is 23.0 Å². The number of benzene rings is 3. The maximum atomic E-state index is 12.4. The number of non-ortho nitro benzene ring substituents is 1. The van der Waals surface area contributed by atoms with E-state index in [2.05, 4.69) is 9.98 Å². The lowest BCUT2D eigenvalue weighted by Gasteiger charge is -2.16. The van der Waals surface area contributed by atoms with Crippen molar-refractivity contribution in [1.82, 2.24) is 4.98 Å². The molecule has 0 spiro atoms. The molecule has 0 saturated heterocycles. The zero-order valence-corrected chi connectivity index (χ0v) is 16.9. The Hall–Kier alpha value is -4.20. The van der Waals surface area contributed by atoms with Crippen molar-refractivity contribution >= 4 is 28.7 Å². The molecule has 1 aromatic heterocycles. The van der Waals surface area contributed by atoms with Crippen LogP contribution in [-0.4, -0.2) is 22.7 Å². The average molecular weight is 416 g/mol. The average Bonchev–Trinajstić information content (AvgIpc) is 3.18. The number of ether oxygens (including phenoxy) is 1. The SMILES string of the molecule is CCOc1cc([N+](=O)[O-])cc(C=Nc2ccc(-c3nc4ccc(C)cc4o3)cc2)c1[O-]. The van der Waals surface area contributed by atoms with E-state index in [0.717, 1.165) is 28.3 Å². The molecule has 0 bridgehead atoms. The number of nitro groups is 1. The molecule has 8 heteroatoms. The second-order valence-corrected chi connectivity index (χ2v) is 6.85. The fraction of sp³-hybridized carbons (Fsp3) is 0.130. The maximum absolute atomic E-state index is 12.4. The summed E-state index contributed by atoms with van der Waals surface area (Å²) in [6.07, 6.45) is 1.30. The second kappa shape index (κ2) is 8.27. The van der Waals surface area contributed by atoms with Crippen LogP contribution in [-0.2, 0) is 0 Å². The lowest BCUT2D eigenvalue weighted by atomic mass is 10.1. The maximum Gasteiger partial charge on any atom is 0.273 e. The van der Waals surface area contributed by atoms with Crippen molar-refractivity contribution < 1.29 is 19.2 Å². The molecule has 0 unspecified atom stereocenters. The molecule has 0 fully saturated rings. The highest BCUT2D eigenvalue weighted by atomic mass is 16.6. The third kappa shape index (κ3) is 4.23. The Morgan fingerprint density at radius 2 is 1.94 bits per heavy atom. The molecule has 3 aromatic carbocycles. The lowest BCUT2D eigenvalue weighted by Crippen LogP contribution is -2.04. The molecule has 4 aromatic rings. The van der Waals surface area contributed by atoms with E-state index in [1.54, 1.807) is 31.2 Å². The van der Waals surface area contributed by atoms with E-state index >= 15 is 0 Å². The van der Waals surface area contributed by atoms with Crippen molar-refractivity contribution in [3.63, 3.8) is 0 Å². The number of hydrogen-bond donors (Lipinski definition) is 0. The molecular weight excluding hydrogens is 398 g/mol. The fourth-order valence-corrected chi connectivity index (χ4v) is 3.06. The summed E-state index contributed by atoms with van der Waals surface area (Å²) < 4.78 is 11.0. The first kappa shape index (κ1) is 20.1. The Labute approximate surface area is 177 Å². The highest BCUT2D eigenvalue weighted by Crippen LogP contribution is 2.32. The van der Waals surface area contributed by atoms with Crippen LogP contribution in [0.4, 0.5) is 11.4 Å². The van der Waals surface area contributed by atoms with Crippen LogP contribution >= 0.6 is 0 Å². The van der Waals surface area contributed by atoms with Gasteiger partial charge in [0, 0.05) is 17.8 Å². The number of aryl methyl sites for hydroxylation is 1. The third-order valence-electron chi connectivity index (χ3n) is 4.59. The topological polar surface area (TPSA) is 114 Å². The van der Waals surface area contributed by atoms with Gasteiger partial charge in [-0.25, -0.2) is 4.98 Å². The number of nitro benzene ring substituents is 1. The molecule has 0 aliphatic rings. The minimum absolute atomic E-state index is 0.0697. The molecule has 0 saturated carbocycles. The number of aromatic nitrogens is 1. The van der Waals surface area contributed by atoms with Crippen molar-refractivity contribution in [2.45, 2.75) is 13.8 Å². The molecule has 0 atom stereocenters. The van der Waals surface area contributed by atoms with Gasteiger partial charge in [-0.05, 0) is 61.4 Å². The number of aliphatic imine (C=N–C) groups is 1. The van der Waals surface area contributed by atoms with Gasteiger partial charge in [-0.3, -0.25) is 15.1 Å². The molecule has 8 nitrogen and oxygen atoms in total. The highest BCUT2D eigenvalue weighted by Gasteiger charge is 2.12. The molecule has 0 amide bonds. The Morgan fingerprint density at radius 1 is 1.16 bits per heavy atom. The largest absolute Gasteiger partial charge is 0.870 e. The van der Waals surface area contributed by atoms with E-state index in [4.69, 9.17) is 9.15 Å². The second-order valence-electron chi connectivity index (χ2n) is 6.85. The van der Waals surface area contributed by atoms with Crippen molar-refractivity contribution in [2.24, 2.45) is 4.99 Å². The Balaban J connectivity index is 1.60. The molecule has 0 aliphatic carbocycles. The molecule has 0 aliphatic heterocycles. The minimum atomic E-state index is -0.573. The summed E-state index contributed by atoms with van der Waals surface area (Å²) in [6, 6.07) is 15.2. The number of hydrogen-bond acceptors (Lipinski definition) is 7. The van der Waals surface area contributed by atoms with Gasteiger partial charge in [0.05, 0.1) is 23.3 Å². The first-order valence-electron chi connectivity index (χ1n) is 9.58. The van der Waals surface area contributed by atoms with Crippen LogP contribution in [0.3, 0.4) is 0 Å². The van der Waals surface area contributed by atoms with Crippen LogP contribution in [0, 0.1) is 17.0 Å². The van der Waals surface area contributed by atoms with Gasteiger partial charge in [-0.2, -0.15) is 0 Å². The van der Waals surface area contributed by atoms with E-state index in [1.807, 2.05) is 25.1 Å². The summed E-state index contributed by atoms with van der Waals surface area (Å²) in [4.78, 5) is 19.3. The summed E-state index contributed by atoms with van der Waals surface area (Å²) in [6.45, 7) is 3.91.